The second-order valence-electron chi connectivity index (χ2n) is 6.00. The Morgan fingerprint density at radius 1 is 1.18 bits per heavy atom. The van der Waals surface area contributed by atoms with E-state index in [4.69, 9.17) is 4.74 Å². The summed E-state index contributed by atoms with van der Waals surface area (Å²) in [5, 5.41) is 11.2. The van der Waals surface area contributed by atoms with Crippen molar-refractivity contribution in [1.82, 2.24) is 0 Å². The molecule has 0 saturated heterocycles. The van der Waals surface area contributed by atoms with Gasteiger partial charge in [0.25, 0.3) is 15.7 Å². The highest BCUT2D eigenvalue weighted by Gasteiger charge is 2.30. The highest BCUT2D eigenvalue weighted by Crippen LogP contribution is 2.30. The van der Waals surface area contributed by atoms with Gasteiger partial charge in [0.2, 0.25) is 0 Å². The summed E-state index contributed by atoms with van der Waals surface area (Å²) in [5.74, 6) is -0.710. The minimum absolute atomic E-state index is 0.109. The normalized spacial score (nSPS) is 11.1. The average Bonchev–Trinajstić information content (AvgIpc) is 2.66. The molecular weight excluding hydrogens is 384 g/mol. The molecule has 0 saturated carbocycles. The number of hydrogen-bond acceptors (Lipinski definition) is 6. The molecule has 2 aromatic rings. The Balaban J connectivity index is 2.63. The molecule has 0 aliphatic heterocycles. The number of aryl methyl sites for hydroxylation is 2. The van der Waals surface area contributed by atoms with Gasteiger partial charge in [0.1, 0.15) is 6.54 Å². The predicted octanol–water partition coefficient (Wildman–Crippen LogP) is 3.22. The molecule has 2 rings (SSSR count). The van der Waals surface area contributed by atoms with Gasteiger partial charge in [-0.3, -0.25) is 19.2 Å². The Kier molecular flexibility index (Phi) is 6.74. The maximum Gasteiger partial charge on any atom is 0.326 e. The van der Waals surface area contributed by atoms with Crippen LogP contribution in [-0.4, -0.2) is 32.5 Å². The van der Waals surface area contributed by atoms with Crippen molar-refractivity contribution in [2.24, 2.45) is 0 Å². The first-order chi connectivity index (χ1) is 13.2. The molecule has 0 heterocycles. The number of esters is 1. The molecule has 0 aromatic heterocycles. The van der Waals surface area contributed by atoms with Crippen molar-refractivity contribution in [3.8, 4) is 0 Å². The first kappa shape index (κ1) is 21.4. The number of carbonyl (C=O) groups is 1. The van der Waals surface area contributed by atoms with E-state index in [9.17, 15) is 23.3 Å². The molecule has 0 unspecified atom stereocenters. The van der Waals surface area contributed by atoms with Gasteiger partial charge in [-0.1, -0.05) is 31.2 Å². The van der Waals surface area contributed by atoms with Crippen LogP contribution < -0.4 is 4.31 Å². The SMILES string of the molecule is CCOC(=O)CN(c1ccccc1CC)S(=O)(=O)c1ccc(C)c([N+](=O)[O-])c1. The molecule has 9 heteroatoms. The second kappa shape index (κ2) is 8.83. The molecule has 28 heavy (non-hydrogen) atoms. The van der Waals surface area contributed by atoms with Gasteiger partial charge in [-0.15, -0.1) is 0 Å². The third-order valence-electron chi connectivity index (χ3n) is 4.18. The van der Waals surface area contributed by atoms with Crippen molar-refractivity contribution in [3.05, 3.63) is 63.7 Å². The van der Waals surface area contributed by atoms with Crippen LogP contribution in [0.15, 0.2) is 47.4 Å². The van der Waals surface area contributed by atoms with Gasteiger partial charge in [-0.05, 0) is 38.0 Å². The fourth-order valence-corrected chi connectivity index (χ4v) is 4.22. The number of carbonyl (C=O) groups excluding carboxylic acids is 1. The zero-order valence-electron chi connectivity index (χ0n) is 15.9. The van der Waals surface area contributed by atoms with Crippen molar-refractivity contribution >= 4 is 27.4 Å². The molecule has 0 aliphatic carbocycles. The fourth-order valence-electron chi connectivity index (χ4n) is 2.75. The largest absolute Gasteiger partial charge is 0.465 e. The molecule has 0 spiro atoms. The number of anilines is 1. The van der Waals surface area contributed by atoms with E-state index in [2.05, 4.69) is 0 Å². The molecule has 2 aromatic carbocycles. The predicted molar refractivity (Wildman–Crippen MR) is 105 cm³/mol. The van der Waals surface area contributed by atoms with Crippen LogP contribution in [0.5, 0.6) is 0 Å². The number of ether oxygens (including phenoxy) is 1. The lowest BCUT2D eigenvalue weighted by Gasteiger charge is -2.25. The topological polar surface area (TPSA) is 107 Å². The second-order valence-corrected chi connectivity index (χ2v) is 7.87. The lowest BCUT2D eigenvalue weighted by molar-refractivity contribution is -0.385. The number of rotatable bonds is 8. The molecule has 0 fully saturated rings. The van der Waals surface area contributed by atoms with Gasteiger partial charge >= 0.3 is 5.97 Å². The zero-order valence-corrected chi connectivity index (χ0v) is 16.7. The minimum atomic E-state index is -4.24. The van der Waals surface area contributed by atoms with Crippen molar-refractivity contribution < 1.29 is 22.9 Å². The summed E-state index contributed by atoms with van der Waals surface area (Å²) < 4.78 is 32.5. The Labute approximate surface area is 163 Å². The van der Waals surface area contributed by atoms with Crippen molar-refractivity contribution in [2.45, 2.75) is 32.1 Å². The molecule has 0 N–H and O–H groups in total. The van der Waals surface area contributed by atoms with E-state index in [1.54, 1.807) is 31.2 Å². The Bertz CT molecular complexity index is 988. The van der Waals surface area contributed by atoms with Gasteiger partial charge in [0.05, 0.1) is 22.1 Å². The number of benzene rings is 2. The number of nitrogens with zero attached hydrogens (tertiary/aromatic N) is 2. The summed E-state index contributed by atoms with van der Waals surface area (Å²) in [6, 6.07) is 10.5. The van der Waals surface area contributed by atoms with Crippen LogP contribution in [-0.2, 0) is 26.0 Å². The summed E-state index contributed by atoms with van der Waals surface area (Å²) >= 11 is 0. The van der Waals surface area contributed by atoms with E-state index in [0.717, 1.165) is 15.9 Å². The van der Waals surface area contributed by atoms with Gasteiger partial charge in [-0.2, -0.15) is 0 Å². The number of hydrogen-bond donors (Lipinski definition) is 0. The molecule has 0 bridgehead atoms. The fraction of sp³-hybridized carbons (Fsp3) is 0.316. The maximum atomic E-state index is 13.3. The van der Waals surface area contributed by atoms with E-state index >= 15 is 0 Å². The maximum absolute atomic E-state index is 13.3. The quantitative estimate of drug-likeness (QED) is 0.378. The summed E-state index contributed by atoms with van der Waals surface area (Å²) in [6.45, 7) is 4.59. The van der Waals surface area contributed by atoms with E-state index in [0.29, 0.717) is 17.7 Å². The van der Waals surface area contributed by atoms with Gasteiger partial charge < -0.3 is 4.74 Å². The molecule has 0 aliphatic rings. The lowest BCUT2D eigenvalue weighted by Crippen LogP contribution is -2.37. The van der Waals surface area contributed by atoms with Gasteiger partial charge in [0, 0.05) is 11.6 Å². The molecule has 8 nitrogen and oxygen atoms in total. The summed E-state index contributed by atoms with van der Waals surface area (Å²) in [4.78, 5) is 22.4. The molecular formula is C19H22N2O6S. The number of nitro benzene ring substituents is 1. The van der Waals surface area contributed by atoms with Crippen LogP contribution in [0.1, 0.15) is 25.0 Å². The van der Waals surface area contributed by atoms with Crippen molar-refractivity contribution in [1.29, 1.82) is 0 Å². The van der Waals surface area contributed by atoms with E-state index < -0.39 is 27.5 Å². The van der Waals surface area contributed by atoms with Crippen LogP contribution in [0, 0.1) is 17.0 Å². The highest BCUT2D eigenvalue weighted by molar-refractivity contribution is 7.92. The Morgan fingerprint density at radius 2 is 1.86 bits per heavy atom. The molecule has 0 radical (unpaired) electrons. The highest BCUT2D eigenvalue weighted by atomic mass is 32.2. The first-order valence-electron chi connectivity index (χ1n) is 8.73. The molecule has 150 valence electrons. The van der Waals surface area contributed by atoms with Crippen LogP contribution in [0.3, 0.4) is 0 Å². The standard InChI is InChI=1S/C19H22N2O6S/c1-4-15-8-6-7-9-17(15)20(13-19(22)27-5-2)28(25,26)16-11-10-14(3)18(12-16)21(23)24/h6-12H,4-5,13H2,1-3H3. The van der Waals surface area contributed by atoms with Crippen LogP contribution >= 0.6 is 0 Å². The van der Waals surface area contributed by atoms with Crippen LogP contribution in [0.25, 0.3) is 0 Å². The summed E-state index contributed by atoms with van der Waals surface area (Å²) in [7, 11) is -4.24. The van der Waals surface area contributed by atoms with Crippen LogP contribution in [0.4, 0.5) is 11.4 Å². The zero-order chi connectivity index (χ0) is 20.9. The summed E-state index contributed by atoms with van der Waals surface area (Å²) in [6.07, 6.45) is 0.541. The first-order valence-corrected chi connectivity index (χ1v) is 10.2. The monoisotopic (exact) mass is 406 g/mol. The number of nitro groups is 1. The Hall–Kier alpha value is -2.94. The molecule has 0 amide bonds. The van der Waals surface area contributed by atoms with E-state index in [-0.39, 0.29) is 17.2 Å². The van der Waals surface area contributed by atoms with Crippen LogP contribution in [0.2, 0.25) is 0 Å². The van der Waals surface area contributed by atoms with Crippen molar-refractivity contribution in [2.75, 3.05) is 17.5 Å². The summed E-state index contributed by atoms with van der Waals surface area (Å²) in [5.41, 5.74) is 1.09. The lowest BCUT2D eigenvalue weighted by atomic mass is 10.1. The Morgan fingerprint density at radius 3 is 2.46 bits per heavy atom. The third-order valence-corrected chi connectivity index (χ3v) is 5.94. The minimum Gasteiger partial charge on any atom is -0.465 e. The average molecular weight is 406 g/mol. The van der Waals surface area contributed by atoms with E-state index in [1.165, 1.54) is 19.1 Å². The third kappa shape index (κ3) is 4.48. The van der Waals surface area contributed by atoms with E-state index in [1.807, 2.05) is 6.92 Å². The smallest absolute Gasteiger partial charge is 0.326 e. The van der Waals surface area contributed by atoms with Gasteiger partial charge in [-0.25, -0.2) is 8.42 Å². The number of para-hydroxylation sites is 1. The number of sulfonamides is 1. The molecule has 0 atom stereocenters. The van der Waals surface area contributed by atoms with Gasteiger partial charge in [0.15, 0.2) is 0 Å². The van der Waals surface area contributed by atoms with Crippen molar-refractivity contribution in [3.63, 3.8) is 0 Å².